The molecule has 3 aromatic rings. The number of methoxy groups -OCH3 is 1. The normalized spacial score (nSPS) is 18.1. The Morgan fingerprint density at radius 1 is 1.03 bits per heavy atom. The van der Waals surface area contributed by atoms with Gasteiger partial charge in [0.1, 0.15) is 12.4 Å². The lowest BCUT2D eigenvalue weighted by atomic mass is 10.1. The lowest BCUT2D eigenvalue weighted by molar-refractivity contribution is -0.138. The number of carbonyl (C=O) groups is 1. The molecule has 4 heterocycles. The number of amides is 1. The van der Waals surface area contributed by atoms with Gasteiger partial charge in [0.15, 0.2) is 0 Å². The van der Waals surface area contributed by atoms with E-state index in [1.165, 1.54) is 0 Å². The molecule has 39 heavy (non-hydrogen) atoms. The first kappa shape index (κ1) is 27.4. The highest BCUT2D eigenvalue weighted by Gasteiger charge is 2.36. The Hall–Kier alpha value is -3.21. The molecule has 0 N–H and O–H groups in total. The van der Waals surface area contributed by atoms with E-state index in [0.29, 0.717) is 54.4 Å². The fourth-order valence-corrected chi connectivity index (χ4v) is 7.87. The van der Waals surface area contributed by atoms with Crippen LogP contribution in [0.3, 0.4) is 0 Å². The smallest absolute Gasteiger partial charge is 0.248 e. The number of hydrogen-bond donors (Lipinski definition) is 0. The molecule has 2 aromatic heterocycles. The molecule has 10 heteroatoms. The summed E-state index contributed by atoms with van der Waals surface area (Å²) in [6, 6.07) is 11.3. The molecule has 0 bridgehead atoms. The zero-order valence-electron chi connectivity index (χ0n) is 22.8. The van der Waals surface area contributed by atoms with Gasteiger partial charge in [-0.25, -0.2) is 8.42 Å². The van der Waals surface area contributed by atoms with Crippen molar-refractivity contribution in [1.82, 2.24) is 18.8 Å². The van der Waals surface area contributed by atoms with Crippen LogP contribution >= 0.6 is 0 Å². The van der Waals surface area contributed by atoms with Gasteiger partial charge >= 0.3 is 0 Å². The predicted molar refractivity (Wildman–Crippen MR) is 148 cm³/mol. The largest absolute Gasteiger partial charge is 0.497 e. The monoisotopic (exact) mass is 552 g/mol. The van der Waals surface area contributed by atoms with Crippen LogP contribution in [0.5, 0.6) is 5.75 Å². The number of aryl methyl sites for hydroxylation is 2. The molecule has 1 saturated heterocycles. The van der Waals surface area contributed by atoms with E-state index in [0.717, 1.165) is 29.8 Å². The van der Waals surface area contributed by atoms with E-state index in [4.69, 9.17) is 9.47 Å². The van der Waals surface area contributed by atoms with Gasteiger partial charge in [0.25, 0.3) is 0 Å². The molecule has 0 aliphatic carbocycles. The van der Waals surface area contributed by atoms with Crippen LogP contribution in [0, 0.1) is 13.8 Å². The number of piperidine rings is 1. The van der Waals surface area contributed by atoms with Crippen molar-refractivity contribution in [1.29, 1.82) is 0 Å². The third-order valence-corrected chi connectivity index (χ3v) is 9.95. The topological polar surface area (TPSA) is 94.0 Å². The average molecular weight is 553 g/mol. The molecule has 5 rings (SSSR count). The average Bonchev–Trinajstić information content (AvgIpc) is 3.36. The minimum atomic E-state index is -3.73. The van der Waals surface area contributed by atoms with Crippen molar-refractivity contribution in [2.75, 3.05) is 33.4 Å². The summed E-state index contributed by atoms with van der Waals surface area (Å²) in [6.07, 6.45) is 6.00. The van der Waals surface area contributed by atoms with E-state index in [9.17, 15) is 13.2 Å². The van der Waals surface area contributed by atoms with Crippen LogP contribution in [0.4, 0.5) is 0 Å². The van der Waals surface area contributed by atoms with Gasteiger partial charge in [-0.3, -0.25) is 9.78 Å². The number of pyridine rings is 1. The molecule has 1 aromatic carbocycles. The number of carbonyl (C=O) groups excluding carboxylic acids is 1. The first-order valence-electron chi connectivity index (χ1n) is 13.4. The number of benzene rings is 1. The maximum absolute atomic E-state index is 13.8. The Bertz CT molecular complexity index is 1410. The zero-order valence-corrected chi connectivity index (χ0v) is 23.6. The Labute approximate surface area is 230 Å². The molecule has 1 unspecified atom stereocenters. The maximum atomic E-state index is 13.8. The van der Waals surface area contributed by atoms with Crippen LogP contribution < -0.4 is 4.74 Å². The predicted octanol–water partition coefficient (Wildman–Crippen LogP) is 3.78. The Morgan fingerprint density at radius 2 is 1.77 bits per heavy atom. The summed E-state index contributed by atoms with van der Waals surface area (Å²) in [5.74, 6) is 0.555. The van der Waals surface area contributed by atoms with Crippen molar-refractivity contribution in [3.8, 4) is 17.0 Å². The summed E-state index contributed by atoms with van der Waals surface area (Å²) in [4.78, 5) is 19.2. The van der Waals surface area contributed by atoms with Crippen LogP contribution in [-0.4, -0.2) is 72.5 Å². The third-order valence-electron chi connectivity index (χ3n) is 7.69. The number of hydrogen-bond acceptors (Lipinski definition) is 6. The minimum Gasteiger partial charge on any atom is -0.497 e. The highest BCUT2D eigenvalue weighted by molar-refractivity contribution is 7.89. The van der Waals surface area contributed by atoms with Gasteiger partial charge < -0.3 is 18.9 Å². The molecule has 208 valence electrons. The van der Waals surface area contributed by atoms with Gasteiger partial charge in [0, 0.05) is 55.0 Å². The summed E-state index contributed by atoms with van der Waals surface area (Å²) in [7, 11) is -2.15. The number of rotatable bonds is 8. The molecule has 2 aliphatic rings. The summed E-state index contributed by atoms with van der Waals surface area (Å²) >= 11 is 0. The van der Waals surface area contributed by atoms with Crippen molar-refractivity contribution in [3.05, 3.63) is 65.6 Å². The maximum Gasteiger partial charge on any atom is 0.248 e. The second-order valence-corrected chi connectivity index (χ2v) is 12.1. The van der Waals surface area contributed by atoms with E-state index in [1.54, 1.807) is 49.8 Å². The van der Waals surface area contributed by atoms with Crippen molar-refractivity contribution < 1.29 is 22.7 Å². The molecule has 0 radical (unpaired) electrons. The second-order valence-electron chi connectivity index (χ2n) is 10.3. The molecule has 1 amide bonds. The van der Waals surface area contributed by atoms with E-state index in [1.807, 2.05) is 17.0 Å². The molecule has 0 spiro atoms. The number of sulfonamides is 1. The van der Waals surface area contributed by atoms with E-state index in [-0.39, 0.29) is 25.2 Å². The fraction of sp³-hybridized carbons (Fsp3) is 0.448. The standard InChI is InChI=1S/C29H36N4O5S/c1-21-16-26(37-3)17-22(2)29(21)39(35,36)33-13-5-4-6-25(33)19-38-20-28(34)31-14-15-32-24(18-31)7-8-27(32)23-9-11-30-12-10-23/h7-12,16-17,25H,4-6,13-15,18-20H2,1-3H3. The number of fused-ring (bicyclic) bond motifs is 1. The number of ether oxygens (including phenoxy) is 2. The fourth-order valence-electron chi connectivity index (χ4n) is 5.78. The number of nitrogens with zero attached hydrogens (tertiary/aromatic N) is 4. The van der Waals surface area contributed by atoms with Crippen LogP contribution in [0.25, 0.3) is 11.3 Å². The summed E-state index contributed by atoms with van der Waals surface area (Å²) in [5, 5.41) is 0. The summed E-state index contributed by atoms with van der Waals surface area (Å²) in [5.41, 5.74) is 4.63. The molecule has 1 atom stereocenters. The van der Waals surface area contributed by atoms with Gasteiger partial charge in [-0.2, -0.15) is 4.31 Å². The van der Waals surface area contributed by atoms with Gasteiger partial charge in [-0.15, -0.1) is 0 Å². The van der Waals surface area contributed by atoms with Gasteiger partial charge in [0.2, 0.25) is 15.9 Å². The first-order chi connectivity index (χ1) is 18.8. The molecule has 0 saturated carbocycles. The second kappa shape index (κ2) is 11.5. The lowest BCUT2D eigenvalue weighted by Gasteiger charge is -2.35. The zero-order chi connectivity index (χ0) is 27.6. The minimum absolute atomic E-state index is 0.0666. The van der Waals surface area contributed by atoms with Gasteiger partial charge in [0.05, 0.1) is 25.2 Å². The molecular formula is C29H36N4O5S. The van der Waals surface area contributed by atoms with Crippen LogP contribution in [0.15, 0.2) is 53.7 Å². The Morgan fingerprint density at radius 3 is 2.49 bits per heavy atom. The van der Waals surface area contributed by atoms with E-state index < -0.39 is 10.0 Å². The lowest BCUT2D eigenvalue weighted by Crippen LogP contribution is -2.47. The van der Waals surface area contributed by atoms with E-state index in [2.05, 4.69) is 21.7 Å². The molecular weight excluding hydrogens is 516 g/mol. The van der Waals surface area contributed by atoms with Crippen molar-refractivity contribution >= 4 is 15.9 Å². The summed E-state index contributed by atoms with van der Waals surface area (Å²) in [6.45, 7) is 5.99. The summed E-state index contributed by atoms with van der Waals surface area (Å²) < 4.78 is 42.5. The van der Waals surface area contributed by atoms with Crippen LogP contribution in [0.2, 0.25) is 0 Å². The molecule has 2 aliphatic heterocycles. The third kappa shape index (κ3) is 5.59. The SMILES string of the molecule is COc1cc(C)c(S(=O)(=O)N2CCCCC2COCC(=O)N2CCn3c(ccc3-c3ccncc3)C2)c(C)c1. The van der Waals surface area contributed by atoms with E-state index >= 15 is 0 Å². The van der Waals surface area contributed by atoms with Crippen molar-refractivity contribution in [2.45, 2.75) is 57.1 Å². The Balaban J connectivity index is 1.21. The first-order valence-corrected chi connectivity index (χ1v) is 14.8. The van der Waals surface area contributed by atoms with Crippen molar-refractivity contribution in [3.63, 3.8) is 0 Å². The van der Waals surface area contributed by atoms with Crippen LogP contribution in [0.1, 0.15) is 36.1 Å². The van der Waals surface area contributed by atoms with Gasteiger partial charge in [-0.05, 0) is 74.2 Å². The van der Waals surface area contributed by atoms with Crippen LogP contribution in [-0.2, 0) is 32.6 Å². The van der Waals surface area contributed by atoms with Crippen molar-refractivity contribution in [2.24, 2.45) is 0 Å². The highest BCUT2D eigenvalue weighted by atomic mass is 32.2. The quantitative estimate of drug-likeness (QED) is 0.422. The molecule has 9 nitrogen and oxygen atoms in total. The highest BCUT2D eigenvalue weighted by Crippen LogP contribution is 2.32. The molecule has 1 fully saturated rings. The van der Waals surface area contributed by atoms with Gasteiger partial charge in [-0.1, -0.05) is 6.42 Å². The Kier molecular flexibility index (Phi) is 8.06. The number of aromatic nitrogens is 2.